The van der Waals surface area contributed by atoms with Crippen molar-refractivity contribution in [2.24, 2.45) is 0 Å². The van der Waals surface area contributed by atoms with E-state index in [4.69, 9.17) is 9.47 Å². The standard InChI is InChI=1S/C16H22N2O5S/c1-2-24(20,21)18-7-3-6-17(8-9-18)16(19)11-13-4-5-14-15(10-13)23-12-22-14/h4-5,10H,2-3,6-9,11-12H2,1H3. The number of ether oxygens (including phenoxy) is 2. The number of carbonyl (C=O) groups is 1. The molecule has 0 N–H and O–H groups in total. The molecule has 24 heavy (non-hydrogen) atoms. The van der Waals surface area contributed by atoms with Crippen molar-refractivity contribution in [1.82, 2.24) is 9.21 Å². The van der Waals surface area contributed by atoms with E-state index >= 15 is 0 Å². The molecule has 0 unspecified atom stereocenters. The molecule has 2 aliphatic heterocycles. The van der Waals surface area contributed by atoms with Gasteiger partial charge in [0, 0.05) is 26.2 Å². The van der Waals surface area contributed by atoms with Crippen LogP contribution in [0.5, 0.6) is 11.5 Å². The lowest BCUT2D eigenvalue weighted by molar-refractivity contribution is -0.130. The molecule has 3 rings (SSSR count). The molecule has 1 fully saturated rings. The normalized spacial score (nSPS) is 18.5. The van der Waals surface area contributed by atoms with Crippen molar-refractivity contribution < 1.29 is 22.7 Å². The summed E-state index contributed by atoms with van der Waals surface area (Å²) in [6, 6.07) is 5.49. The number of hydrogen-bond donors (Lipinski definition) is 0. The van der Waals surface area contributed by atoms with Gasteiger partial charge in [0.2, 0.25) is 22.7 Å². The molecule has 0 saturated carbocycles. The second-order valence-corrected chi connectivity index (χ2v) is 8.16. The van der Waals surface area contributed by atoms with E-state index in [1.165, 1.54) is 4.31 Å². The summed E-state index contributed by atoms with van der Waals surface area (Å²) < 4.78 is 36.0. The van der Waals surface area contributed by atoms with Gasteiger partial charge < -0.3 is 14.4 Å². The molecule has 0 atom stereocenters. The van der Waals surface area contributed by atoms with E-state index in [9.17, 15) is 13.2 Å². The average Bonchev–Trinajstić information content (AvgIpc) is 2.88. The summed E-state index contributed by atoms with van der Waals surface area (Å²) in [5.41, 5.74) is 0.867. The summed E-state index contributed by atoms with van der Waals surface area (Å²) in [6.07, 6.45) is 0.934. The predicted molar refractivity (Wildman–Crippen MR) is 88.5 cm³/mol. The van der Waals surface area contributed by atoms with Gasteiger partial charge in [-0.25, -0.2) is 12.7 Å². The minimum absolute atomic E-state index is 0.00427. The first-order valence-electron chi connectivity index (χ1n) is 8.14. The third-order valence-corrected chi connectivity index (χ3v) is 6.24. The third kappa shape index (κ3) is 3.64. The van der Waals surface area contributed by atoms with Crippen LogP contribution < -0.4 is 9.47 Å². The molecule has 8 heteroatoms. The van der Waals surface area contributed by atoms with E-state index in [2.05, 4.69) is 0 Å². The van der Waals surface area contributed by atoms with Gasteiger partial charge in [-0.2, -0.15) is 0 Å². The van der Waals surface area contributed by atoms with Crippen LogP contribution in [0.3, 0.4) is 0 Å². The summed E-state index contributed by atoms with van der Waals surface area (Å²) in [5, 5.41) is 0. The Labute approximate surface area is 142 Å². The zero-order valence-electron chi connectivity index (χ0n) is 13.7. The van der Waals surface area contributed by atoms with Crippen LogP contribution in [0.1, 0.15) is 18.9 Å². The summed E-state index contributed by atoms with van der Waals surface area (Å²) >= 11 is 0. The van der Waals surface area contributed by atoms with Crippen LogP contribution in [0, 0.1) is 0 Å². The maximum Gasteiger partial charge on any atom is 0.231 e. The average molecular weight is 354 g/mol. The molecule has 0 aromatic heterocycles. The number of benzene rings is 1. The molecule has 1 saturated heterocycles. The Bertz CT molecular complexity index is 719. The monoisotopic (exact) mass is 354 g/mol. The maximum absolute atomic E-state index is 12.5. The SMILES string of the molecule is CCS(=O)(=O)N1CCCN(C(=O)Cc2ccc3c(c2)OCO3)CC1. The zero-order chi connectivity index (χ0) is 17.2. The number of nitrogens with zero attached hydrogens (tertiary/aromatic N) is 2. The van der Waals surface area contributed by atoms with Crippen LogP contribution in [-0.2, 0) is 21.2 Å². The highest BCUT2D eigenvalue weighted by Gasteiger charge is 2.25. The van der Waals surface area contributed by atoms with Crippen LogP contribution in [0.15, 0.2) is 18.2 Å². The molecule has 1 aromatic carbocycles. The molecule has 0 spiro atoms. The summed E-state index contributed by atoms with van der Waals surface area (Å²) in [7, 11) is -3.19. The zero-order valence-corrected chi connectivity index (χ0v) is 14.5. The lowest BCUT2D eigenvalue weighted by Crippen LogP contribution is -2.38. The van der Waals surface area contributed by atoms with Crippen molar-refractivity contribution in [2.75, 3.05) is 38.7 Å². The van der Waals surface area contributed by atoms with Gasteiger partial charge in [0.25, 0.3) is 0 Å². The number of sulfonamides is 1. The number of carbonyl (C=O) groups excluding carboxylic acids is 1. The van der Waals surface area contributed by atoms with Crippen LogP contribution in [-0.4, -0.2) is 62.3 Å². The number of rotatable bonds is 4. The van der Waals surface area contributed by atoms with Gasteiger partial charge in [-0.3, -0.25) is 4.79 Å². The molecule has 0 radical (unpaired) electrons. The second kappa shape index (κ2) is 6.98. The van der Waals surface area contributed by atoms with Gasteiger partial charge in [0.05, 0.1) is 12.2 Å². The largest absolute Gasteiger partial charge is 0.454 e. The molecule has 1 aromatic rings. The van der Waals surface area contributed by atoms with Gasteiger partial charge in [-0.15, -0.1) is 0 Å². The first kappa shape index (κ1) is 17.0. The second-order valence-electron chi connectivity index (χ2n) is 5.90. The molecular weight excluding hydrogens is 332 g/mol. The van der Waals surface area contributed by atoms with Crippen molar-refractivity contribution >= 4 is 15.9 Å². The summed E-state index contributed by atoms with van der Waals surface area (Å²) in [4.78, 5) is 14.3. The first-order chi connectivity index (χ1) is 11.5. The van der Waals surface area contributed by atoms with Gasteiger partial charge >= 0.3 is 0 Å². The van der Waals surface area contributed by atoms with E-state index in [1.807, 2.05) is 18.2 Å². The third-order valence-electron chi connectivity index (χ3n) is 4.36. The Morgan fingerprint density at radius 3 is 2.71 bits per heavy atom. The molecule has 0 aliphatic carbocycles. The van der Waals surface area contributed by atoms with E-state index < -0.39 is 10.0 Å². The van der Waals surface area contributed by atoms with Crippen molar-refractivity contribution in [1.29, 1.82) is 0 Å². The molecule has 132 valence electrons. The van der Waals surface area contributed by atoms with E-state index in [0.717, 1.165) is 5.56 Å². The fourth-order valence-electron chi connectivity index (χ4n) is 2.94. The highest BCUT2D eigenvalue weighted by molar-refractivity contribution is 7.89. The predicted octanol–water partition coefficient (Wildman–Crippen LogP) is 0.842. The molecule has 1 amide bonds. The lowest BCUT2D eigenvalue weighted by Gasteiger charge is -2.21. The van der Waals surface area contributed by atoms with Crippen LogP contribution in [0.25, 0.3) is 0 Å². The van der Waals surface area contributed by atoms with E-state index in [0.29, 0.717) is 44.1 Å². The van der Waals surface area contributed by atoms with Crippen molar-refractivity contribution in [3.05, 3.63) is 23.8 Å². The minimum atomic E-state index is -3.19. The number of hydrogen-bond acceptors (Lipinski definition) is 5. The minimum Gasteiger partial charge on any atom is -0.454 e. The number of fused-ring (bicyclic) bond motifs is 1. The number of amides is 1. The Hall–Kier alpha value is -1.80. The van der Waals surface area contributed by atoms with Gasteiger partial charge in [0.15, 0.2) is 11.5 Å². The maximum atomic E-state index is 12.5. The van der Waals surface area contributed by atoms with Gasteiger partial charge in [-0.1, -0.05) is 6.07 Å². The van der Waals surface area contributed by atoms with Gasteiger partial charge in [-0.05, 0) is 31.0 Å². The fourth-order valence-corrected chi connectivity index (χ4v) is 4.07. The lowest BCUT2D eigenvalue weighted by atomic mass is 10.1. The molecule has 0 bridgehead atoms. The highest BCUT2D eigenvalue weighted by Crippen LogP contribution is 2.32. The molecular formula is C16H22N2O5S. The molecule has 2 heterocycles. The summed E-state index contributed by atoms with van der Waals surface area (Å²) in [5.74, 6) is 1.46. The molecule has 2 aliphatic rings. The Morgan fingerprint density at radius 2 is 1.92 bits per heavy atom. The topological polar surface area (TPSA) is 76.2 Å². The fraction of sp³-hybridized carbons (Fsp3) is 0.562. The van der Waals surface area contributed by atoms with Crippen LogP contribution in [0.2, 0.25) is 0 Å². The Kier molecular flexibility index (Phi) is 4.96. The van der Waals surface area contributed by atoms with Crippen LogP contribution in [0.4, 0.5) is 0 Å². The van der Waals surface area contributed by atoms with Gasteiger partial charge in [0.1, 0.15) is 0 Å². The Morgan fingerprint density at radius 1 is 1.12 bits per heavy atom. The van der Waals surface area contributed by atoms with Crippen molar-refractivity contribution in [2.45, 2.75) is 19.8 Å². The van der Waals surface area contributed by atoms with Crippen molar-refractivity contribution in [3.8, 4) is 11.5 Å². The highest BCUT2D eigenvalue weighted by atomic mass is 32.2. The summed E-state index contributed by atoms with van der Waals surface area (Å²) in [6.45, 7) is 3.71. The molecule has 7 nitrogen and oxygen atoms in total. The first-order valence-corrected chi connectivity index (χ1v) is 9.74. The van der Waals surface area contributed by atoms with Crippen molar-refractivity contribution in [3.63, 3.8) is 0 Å². The Balaban J connectivity index is 1.61. The van der Waals surface area contributed by atoms with Crippen LogP contribution >= 0.6 is 0 Å². The smallest absolute Gasteiger partial charge is 0.231 e. The van der Waals surface area contributed by atoms with E-state index in [-0.39, 0.29) is 24.9 Å². The quantitative estimate of drug-likeness (QED) is 0.801. The van der Waals surface area contributed by atoms with E-state index in [1.54, 1.807) is 11.8 Å².